The van der Waals surface area contributed by atoms with Crippen molar-refractivity contribution >= 4 is 82.3 Å². The van der Waals surface area contributed by atoms with Crippen molar-refractivity contribution in [2.24, 2.45) is 11.3 Å². The van der Waals surface area contributed by atoms with Crippen LogP contribution in [0.15, 0.2) is 54.9 Å². The number of hydrogen-bond donors (Lipinski definition) is 7. The first kappa shape index (κ1) is 58.4. The quantitative estimate of drug-likeness (QED) is 0.0156. The van der Waals surface area contributed by atoms with Crippen molar-refractivity contribution < 1.29 is 33.5 Å². The van der Waals surface area contributed by atoms with Crippen molar-refractivity contribution in [1.29, 1.82) is 0 Å². The first-order valence-corrected chi connectivity index (χ1v) is 27.3. The Morgan fingerprint density at radius 2 is 1.56 bits per heavy atom. The van der Waals surface area contributed by atoms with Gasteiger partial charge in [-0.05, 0) is 119 Å². The van der Waals surface area contributed by atoms with Crippen molar-refractivity contribution in [3.8, 4) is 0 Å². The molecule has 4 aliphatic heterocycles. The van der Waals surface area contributed by atoms with Crippen LogP contribution in [0, 0.1) is 11.3 Å². The van der Waals surface area contributed by atoms with Crippen LogP contribution in [-0.2, 0) is 30.5 Å². The topological polar surface area (TPSA) is 225 Å². The fraction of sp³-hybridized carbons (Fsp3) is 0.585. The van der Waals surface area contributed by atoms with E-state index in [4.69, 9.17) is 10.5 Å². The average molecular weight is 1050 g/mol. The highest BCUT2D eigenvalue weighted by atomic mass is 33.1. The Morgan fingerprint density at radius 3 is 2.23 bits per heavy atom. The number of anilines is 4. The number of piperazine rings is 1. The number of likely N-dealkylation sites (tertiary alicyclic amines) is 1. The van der Waals surface area contributed by atoms with Gasteiger partial charge >= 0.3 is 0 Å². The van der Waals surface area contributed by atoms with Crippen LogP contribution in [0.3, 0.4) is 0 Å². The number of rotatable bonds is 21. The summed E-state index contributed by atoms with van der Waals surface area (Å²) in [6.45, 7) is 21.0. The molecule has 7 rings (SSSR count). The summed E-state index contributed by atoms with van der Waals surface area (Å²) >= 11 is 6.44. The van der Waals surface area contributed by atoms with Gasteiger partial charge in [0.25, 0.3) is 11.8 Å². The van der Waals surface area contributed by atoms with E-state index in [1.165, 1.54) is 18.4 Å². The highest BCUT2D eigenvalue weighted by Crippen LogP contribution is 2.33. The largest absolute Gasteiger partial charge is 0.398 e. The van der Waals surface area contributed by atoms with Gasteiger partial charge in [-0.25, -0.2) is 9.97 Å². The fourth-order valence-corrected chi connectivity index (χ4v) is 9.48. The van der Waals surface area contributed by atoms with Gasteiger partial charge in [-0.15, -0.1) is 23.3 Å². The van der Waals surface area contributed by atoms with E-state index in [-0.39, 0.29) is 53.1 Å². The molecule has 2 aromatic carbocycles. The summed E-state index contributed by atoms with van der Waals surface area (Å²) in [5.74, 6) is 1.15. The number of nitrogen functional groups attached to an aromatic ring is 1. The van der Waals surface area contributed by atoms with Crippen molar-refractivity contribution in [3.05, 3.63) is 71.5 Å². The third kappa shape index (κ3) is 17.6. The Labute approximate surface area is 442 Å². The van der Waals surface area contributed by atoms with Gasteiger partial charge in [0.1, 0.15) is 18.0 Å². The number of aromatic nitrogens is 2. The SMILES string of the molecule is CC(C)CCOC(C)CCC(=O)NCCCNc1cc(N2CCC3(CC2)CN(c2ccc(CN4CCC(C)(C)CC4)cc2)CC(=O)N3)ncn1.CC(CCC(=O)NC=O)N1C(=O)c2cccc(N)c2C1=O.SS. The average Bonchev–Trinajstić information content (AvgIpc) is 3.63. The maximum Gasteiger partial charge on any atom is 0.263 e. The lowest BCUT2D eigenvalue weighted by molar-refractivity contribution is -0.126. The summed E-state index contributed by atoms with van der Waals surface area (Å²) in [7, 11) is 0. The minimum absolute atomic E-state index is 0.0444. The first-order chi connectivity index (χ1) is 34.9. The number of benzene rings is 2. The third-order valence-corrected chi connectivity index (χ3v) is 14.1. The molecule has 0 bridgehead atoms. The van der Waals surface area contributed by atoms with Crippen molar-refractivity contribution in [2.45, 2.75) is 130 Å². The molecule has 5 heterocycles. The van der Waals surface area contributed by atoms with Gasteiger partial charge in [-0.3, -0.25) is 43.9 Å². The second-order valence-corrected chi connectivity index (χ2v) is 20.9. The van der Waals surface area contributed by atoms with Crippen LogP contribution in [0.2, 0.25) is 0 Å². The number of carbonyl (C=O) groups is 6. The number of ether oxygens (including phenoxy) is 1. The highest BCUT2D eigenvalue weighted by Gasteiger charge is 2.42. The molecule has 3 saturated heterocycles. The summed E-state index contributed by atoms with van der Waals surface area (Å²) < 4.78 is 5.80. The zero-order valence-electron chi connectivity index (χ0n) is 43.7. The molecule has 400 valence electrons. The van der Waals surface area contributed by atoms with E-state index >= 15 is 0 Å². The number of amides is 6. The number of thiol groups is 2. The molecule has 20 heteroatoms. The number of fused-ring (bicyclic) bond motifs is 1. The van der Waals surface area contributed by atoms with Crippen LogP contribution in [0.5, 0.6) is 0 Å². The fourth-order valence-electron chi connectivity index (χ4n) is 9.48. The minimum Gasteiger partial charge on any atom is -0.398 e. The molecule has 6 N–H and O–H groups in total. The molecule has 0 radical (unpaired) electrons. The Bertz CT molecular complexity index is 2300. The standard InChI is InChI=1S/C39H62N8O3.C14H15N3O4.H2S2/c1-30(2)13-24-50-31(3)7-12-36(48)41-19-6-18-40-34-25-35(43-29-42-34)46-22-16-39(17-23-46)28-47(27-37(49)44-39)33-10-8-32(9-11-33)26-45-20-14-38(4,5)15-21-45;1-8(5-6-11(19)16-7-18)17-13(20)9-3-2-4-10(15)12(9)14(17)21;1-2/h8-11,25,29-31H,6-7,12-24,26-28H2,1-5H3,(H,41,48)(H,44,49)(H,40,42,43);2-4,7-8H,5-6,15H2,1H3,(H,16,18,19);1-2H. The minimum atomic E-state index is -0.464. The highest BCUT2D eigenvalue weighted by molar-refractivity contribution is 8.59. The van der Waals surface area contributed by atoms with Gasteiger partial charge in [0, 0.05) is 82.2 Å². The zero-order valence-corrected chi connectivity index (χ0v) is 45.4. The van der Waals surface area contributed by atoms with E-state index in [9.17, 15) is 28.8 Å². The number of piperidine rings is 2. The van der Waals surface area contributed by atoms with Gasteiger partial charge in [-0.2, -0.15) is 0 Å². The second kappa shape index (κ2) is 28.3. The lowest BCUT2D eigenvalue weighted by Gasteiger charge is -2.48. The van der Waals surface area contributed by atoms with E-state index in [0.717, 1.165) is 100 Å². The number of nitrogens with one attached hydrogen (secondary N) is 4. The molecule has 2 unspecified atom stereocenters. The van der Waals surface area contributed by atoms with Crippen LogP contribution in [0.25, 0.3) is 0 Å². The molecule has 3 aromatic rings. The molecule has 1 spiro atoms. The number of imide groups is 2. The van der Waals surface area contributed by atoms with Crippen molar-refractivity contribution in [1.82, 2.24) is 35.7 Å². The molecule has 6 amide bonds. The van der Waals surface area contributed by atoms with E-state index in [1.807, 2.05) is 18.3 Å². The number of nitrogens with zero attached hydrogens (tertiary/aromatic N) is 6. The molecule has 73 heavy (non-hydrogen) atoms. The van der Waals surface area contributed by atoms with E-state index in [2.05, 4.69) is 116 Å². The van der Waals surface area contributed by atoms with Gasteiger partial charge in [0.05, 0.1) is 29.3 Å². The maximum atomic E-state index is 13.0. The van der Waals surface area contributed by atoms with Crippen molar-refractivity contribution in [2.75, 3.05) is 79.8 Å². The Morgan fingerprint density at radius 1 is 0.863 bits per heavy atom. The summed E-state index contributed by atoms with van der Waals surface area (Å²) in [6, 6.07) is 15.1. The number of hydrogen-bond acceptors (Lipinski definition) is 16. The summed E-state index contributed by atoms with van der Waals surface area (Å²) in [5.41, 5.74) is 9.17. The Hall–Kier alpha value is -5.44. The molecular formula is C53H79N11O7S2. The second-order valence-electron chi connectivity index (χ2n) is 20.9. The molecular weight excluding hydrogens is 967 g/mol. The predicted molar refractivity (Wildman–Crippen MR) is 294 cm³/mol. The molecule has 18 nitrogen and oxygen atoms in total. The number of nitrogens with two attached hydrogens (primary N) is 1. The predicted octanol–water partition coefficient (Wildman–Crippen LogP) is 6.29. The molecule has 3 fully saturated rings. The van der Waals surface area contributed by atoms with Crippen LogP contribution in [-0.4, -0.2) is 132 Å². The van der Waals surface area contributed by atoms with Gasteiger partial charge in [-0.1, -0.05) is 45.9 Å². The molecule has 0 saturated carbocycles. The smallest absolute Gasteiger partial charge is 0.263 e. The zero-order chi connectivity index (χ0) is 53.1. The van der Waals surface area contributed by atoms with Crippen LogP contribution < -0.4 is 36.8 Å². The Kier molecular flexibility index (Phi) is 22.7. The van der Waals surface area contributed by atoms with Crippen molar-refractivity contribution in [3.63, 3.8) is 0 Å². The van der Waals surface area contributed by atoms with Crippen LogP contribution in [0.4, 0.5) is 23.0 Å². The number of carbonyl (C=O) groups excluding carboxylic acids is 6. The van der Waals surface area contributed by atoms with E-state index in [1.54, 1.807) is 31.5 Å². The monoisotopic (exact) mass is 1050 g/mol. The third-order valence-electron chi connectivity index (χ3n) is 14.1. The lowest BCUT2D eigenvalue weighted by Crippen LogP contribution is -2.66. The maximum absolute atomic E-state index is 13.0. The van der Waals surface area contributed by atoms with Gasteiger partial charge < -0.3 is 36.2 Å². The van der Waals surface area contributed by atoms with Gasteiger partial charge in [0.15, 0.2) is 0 Å². The first-order valence-electron chi connectivity index (χ1n) is 25.7. The molecule has 4 aliphatic rings. The molecule has 1 aromatic heterocycles. The van der Waals surface area contributed by atoms with Crippen LogP contribution >= 0.6 is 23.3 Å². The Balaban J connectivity index is 0.000000357. The summed E-state index contributed by atoms with van der Waals surface area (Å²) in [6.07, 6.45) is 9.59. The normalized spacial score (nSPS) is 17.9. The molecule has 0 aliphatic carbocycles. The van der Waals surface area contributed by atoms with Crippen LogP contribution in [0.1, 0.15) is 132 Å². The van der Waals surface area contributed by atoms with E-state index in [0.29, 0.717) is 43.8 Å². The van der Waals surface area contributed by atoms with Gasteiger partial charge in [0.2, 0.25) is 24.1 Å². The van der Waals surface area contributed by atoms with E-state index < -0.39 is 23.8 Å². The molecule has 2 atom stereocenters. The summed E-state index contributed by atoms with van der Waals surface area (Å²) in [5, 5.41) is 11.8. The summed E-state index contributed by atoms with van der Waals surface area (Å²) in [4.78, 5) is 88.4. The lowest BCUT2D eigenvalue weighted by atomic mass is 9.82.